The maximum Gasteiger partial charge on any atom is 0.469 e. The molecule has 0 radical (unpaired) electrons. The molecule has 2 N–H and O–H groups in total. The van der Waals surface area contributed by atoms with Gasteiger partial charge in [-0.1, -0.05) is 226 Å². The van der Waals surface area contributed by atoms with Gasteiger partial charge in [0.2, 0.25) is 0 Å². The smallest absolute Gasteiger partial charge is 0.462 e. The lowest BCUT2D eigenvalue weighted by Gasteiger charge is -2.18. The number of phosphoric ester groups is 1. The Kier molecular flexibility index (Phi) is 39.5. The summed E-state index contributed by atoms with van der Waals surface area (Å²) in [5, 5.41) is 0. The minimum Gasteiger partial charge on any atom is -0.462 e. The van der Waals surface area contributed by atoms with Gasteiger partial charge < -0.3 is 19.3 Å². The van der Waals surface area contributed by atoms with Crippen molar-refractivity contribution in [1.29, 1.82) is 0 Å². The van der Waals surface area contributed by atoms with E-state index in [0.29, 0.717) is 6.42 Å². The molecular formula is C45H89O8P. The highest BCUT2D eigenvalue weighted by Crippen LogP contribution is 2.36. The van der Waals surface area contributed by atoms with E-state index in [0.717, 1.165) is 38.0 Å². The third-order valence-corrected chi connectivity index (χ3v) is 11.0. The first-order chi connectivity index (χ1) is 26.1. The first kappa shape index (κ1) is 53.0. The van der Waals surface area contributed by atoms with Crippen molar-refractivity contribution < 1.29 is 37.9 Å². The van der Waals surface area contributed by atoms with Crippen LogP contribution in [0.25, 0.3) is 0 Å². The molecule has 0 bridgehead atoms. The monoisotopic (exact) mass is 789 g/mol. The lowest BCUT2D eigenvalue weighted by molar-refractivity contribution is -0.161. The summed E-state index contributed by atoms with van der Waals surface area (Å²) in [5.41, 5.74) is 0. The Morgan fingerprint density at radius 1 is 0.463 bits per heavy atom. The first-order valence-electron chi connectivity index (χ1n) is 23.2. The van der Waals surface area contributed by atoms with Crippen LogP contribution in [-0.2, 0) is 28.2 Å². The van der Waals surface area contributed by atoms with Crippen molar-refractivity contribution in [3.05, 3.63) is 0 Å². The van der Waals surface area contributed by atoms with Crippen molar-refractivity contribution in [2.75, 3.05) is 13.2 Å². The Hall–Kier alpha value is -0.950. The van der Waals surface area contributed by atoms with E-state index in [-0.39, 0.29) is 19.4 Å². The van der Waals surface area contributed by atoms with E-state index in [1.165, 1.54) is 180 Å². The Morgan fingerprint density at radius 2 is 0.778 bits per heavy atom. The van der Waals surface area contributed by atoms with Gasteiger partial charge in [-0.3, -0.25) is 14.1 Å². The zero-order valence-electron chi connectivity index (χ0n) is 35.8. The second-order valence-corrected chi connectivity index (χ2v) is 17.8. The quantitative estimate of drug-likeness (QED) is 0.0356. The van der Waals surface area contributed by atoms with Gasteiger partial charge in [0.15, 0.2) is 6.10 Å². The number of unbranched alkanes of at least 4 members (excludes halogenated alkanes) is 31. The zero-order chi connectivity index (χ0) is 39.8. The van der Waals surface area contributed by atoms with Crippen molar-refractivity contribution in [3.8, 4) is 0 Å². The highest BCUT2D eigenvalue weighted by atomic mass is 31.2. The second kappa shape index (κ2) is 40.3. The van der Waals surface area contributed by atoms with Gasteiger partial charge in [0.25, 0.3) is 0 Å². The molecule has 0 aromatic heterocycles. The number of ether oxygens (including phenoxy) is 2. The number of carbonyl (C=O) groups is 2. The summed E-state index contributed by atoms with van der Waals surface area (Å²) < 4.78 is 26.5. The molecule has 0 spiro atoms. The largest absolute Gasteiger partial charge is 0.469 e. The molecule has 0 aliphatic carbocycles. The SMILES string of the molecule is CCCCCCCCCCCCCCCCCCCCC(=O)OC[C@H](COP(=O)(O)O)OC(=O)CCCCCCCCCCCCCCCCCC(C)C. The maximum absolute atomic E-state index is 12.4. The Morgan fingerprint density at radius 3 is 1.11 bits per heavy atom. The summed E-state index contributed by atoms with van der Waals surface area (Å²) >= 11 is 0. The standard InChI is InChI=1S/C45H89O8P/c1-4-5-6-7-8-9-10-11-12-13-14-17-20-23-26-29-32-35-38-44(46)51-40-43(41-52-54(48,49)50)53-45(47)39-36-33-30-27-24-21-18-15-16-19-22-25-28-31-34-37-42(2)3/h42-43H,4-41H2,1-3H3,(H2,48,49,50)/t43-/m1/s1. The third kappa shape index (κ3) is 43.8. The predicted octanol–water partition coefficient (Wildman–Crippen LogP) is 14.3. The average molecular weight is 789 g/mol. The molecule has 0 rings (SSSR count). The Balaban J connectivity index is 3.81. The predicted molar refractivity (Wildman–Crippen MR) is 226 cm³/mol. The molecular weight excluding hydrogens is 699 g/mol. The number of esters is 2. The van der Waals surface area contributed by atoms with Crippen LogP contribution in [-0.4, -0.2) is 41.0 Å². The molecule has 8 nitrogen and oxygen atoms in total. The van der Waals surface area contributed by atoms with Crippen LogP contribution in [0.15, 0.2) is 0 Å². The van der Waals surface area contributed by atoms with E-state index in [4.69, 9.17) is 19.3 Å². The van der Waals surface area contributed by atoms with E-state index in [1.54, 1.807) is 0 Å². The van der Waals surface area contributed by atoms with Crippen molar-refractivity contribution in [3.63, 3.8) is 0 Å². The number of rotatable bonds is 43. The van der Waals surface area contributed by atoms with Gasteiger partial charge in [0.1, 0.15) is 6.61 Å². The van der Waals surface area contributed by atoms with Crippen molar-refractivity contribution in [1.82, 2.24) is 0 Å². The fourth-order valence-corrected chi connectivity index (χ4v) is 7.45. The molecule has 0 amide bonds. The second-order valence-electron chi connectivity index (χ2n) is 16.6. The summed E-state index contributed by atoms with van der Waals surface area (Å²) in [6, 6.07) is 0. The Labute approximate surface area is 334 Å². The lowest BCUT2D eigenvalue weighted by atomic mass is 10.0. The molecule has 0 saturated carbocycles. The molecule has 0 saturated heterocycles. The van der Waals surface area contributed by atoms with Crippen LogP contribution < -0.4 is 0 Å². The minimum atomic E-state index is -4.75. The maximum atomic E-state index is 12.4. The average Bonchev–Trinajstić information content (AvgIpc) is 3.13. The number of hydrogen-bond acceptors (Lipinski definition) is 6. The topological polar surface area (TPSA) is 119 Å². The van der Waals surface area contributed by atoms with E-state index in [9.17, 15) is 14.2 Å². The van der Waals surface area contributed by atoms with Crippen LogP contribution in [0.3, 0.4) is 0 Å². The van der Waals surface area contributed by atoms with Gasteiger partial charge in [-0.05, 0) is 18.8 Å². The molecule has 0 fully saturated rings. The molecule has 322 valence electrons. The van der Waals surface area contributed by atoms with E-state index in [2.05, 4.69) is 25.3 Å². The lowest BCUT2D eigenvalue weighted by Crippen LogP contribution is -2.29. The van der Waals surface area contributed by atoms with Gasteiger partial charge in [-0.2, -0.15) is 0 Å². The van der Waals surface area contributed by atoms with Gasteiger partial charge in [0.05, 0.1) is 6.61 Å². The van der Waals surface area contributed by atoms with Crippen LogP contribution >= 0.6 is 7.82 Å². The molecule has 0 heterocycles. The number of carbonyl (C=O) groups excluding carboxylic acids is 2. The molecule has 9 heteroatoms. The van der Waals surface area contributed by atoms with Crippen LogP contribution in [0.4, 0.5) is 0 Å². The molecule has 0 aromatic rings. The first-order valence-corrected chi connectivity index (χ1v) is 24.7. The van der Waals surface area contributed by atoms with E-state index >= 15 is 0 Å². The number of hydrogen-bond donors (Lipinski definition) is 2. The third-order valence-electron chi connectivity index (χ3n) is 10.6. The van der Waals surface area contributed by atoms with Crippen LogP contribution in [0.2, 0.25) is 0 Å². The van der Waals surface area contributed by atoms with Crippen LogP contribution in [0.1, 0.15) is 252 Å². The molecule has 0 aliphatic rings. The van der Waals surface area contributed by atoms with Crippen molar-refractivity contribution >= 4 is 19.8 Å². The van der Waals surface area contributed by atoms with E-state index in [1.807, 2.05) is 0 Å². The molecule has 54 heavy (non-hydrogen) atoms. The van der Waals surface area contributed by atoms with Crippen molar-refractivity contribution in [2.45, 2.75) is 258 Å². The molecule has 0 unspecified atom stereocenters. The Bertz CT molecular complexity index is 861. The van der Waals surface area contributed by atoms with Gasteiger partial charge in [0, 0.05) is 12.8 Å². The summed E-state index contributed by atoms with van der Waals surface area (Å²) in [7, 11) is -4.75. The molecule has 0 aliphatic heterocycles. The highest BCUT2D eigenvalue weighted by Gasteiger charge is 2.23. The fraction of sp³-hybridized carbons (Fsp3) is 0.956. The van der Waals surface area contributed by atoms with Crippen molar-refractivity contribution in [2.24, 2.45) is 5.92 Å². The summed E-state index contributed by atoms with van der Waals surface area (Å²) in [6.07, 6.45) is 42.6. The molecule has 0 aromatic carbocycles. The number of phosphoric acid groups is 1. The van der Waals surface area contributed by atoms with Gasteiger partial charge in [-0.15, -0.1) is 0 Å². The van der Waals surface area contributed by atoms with Crippen LogP contribution in [0.5, 0.6) is 0 Å². The zero-order valence-corrected chi connectivity index (χ0v) is 36.7. The van der Waals surface area contributed by atoms with Gasteiger partial charge in [-0.25, -0.2) is 4.57 Å². The van der Waals surface area contributed by atoms with Crippen LogP contribution in [0, 0.1) is 5.92 Å². The normalized spacial score (nSPS) is 12.4. The van der Waals surface area contributed by atoms with Gasteiger partial charge >= 0.3 is 19.8 Å². The summed E-state index contributed by atoms with van der Waals surface area (Å²) in [6.45, 7) is 6.08. The molecule has 1 atom stereocenters. The highest BCUT2D eigenvalue weighted by molar-refractivity contribution is 7.46. The fourth-order valence-electron chi connectivity index (χ4n) is 7.09. The summed E-state index contributed by atoms with van der Waals surface area (Å²) in [5.74, 6) is -0.0287. The van der Waals surface area contributed by atoms with E-state index < -0.39 is 32.5 Å². The minimum absolute atomic E-state index is 0.220. The summed E-state index contributed by atoms with van der Waals surface area (Å²) in [4.78, 5) is 43.0.